The van der Waals surface area contributed by atoms with Gasteiger partial charge in [0.15, 0.2) is 0 Å². The summed E-state index contributed by atoms with van der Waals surface area (Å²) in [6.07, 6.45) is 4.86. The third kappa shape index (κ3) is 3.76. The first-order chi connectivity index (χ1) is 8.29. The van der Waals surface area contributed by atoms with E-state index in [4.69, 9.17) is 4.98 Å². The second kappa shape index (κ2) is 6.47. The van der Waals surface area contributed by atoms with Gasteiger partial charge in [0.05, 0.1) is 10.7 Å². The molecule has 1 fully saturated rings. The summed E-state index contributed by atoms with van der Waals surface area (Å²) in [6, 6.07) is 0. The molecule has 17 heavy (non-hydrogen) atoms. The number of piperidine rings is 1. The molecule has 2 rings (SSSR count). The summed E-state index contributed by atoms with van der Waals surface area (Å²) in [6.45, 7) is 3.53. The predicted octanol–water partition coefficient (Wildman–Crippen LogP) is 2.10. The maximum Gasteiger partial charge on any atom is 0.0928 e. The lowest BCUT2D eigenvalue weighted by atomic mass is 9.95. The van der Waals surface area contributed by atoms with Gasteiger partial charge in [-0.1, -0.05) is 0 Å². The minimum absolute atomic E-state index is 0.709. The van der Waals surface area contributed by atoms with Gasteiger partial charge in [0.25, 0.3) is 0 Å². The number of rotatable bonds is 5. The highest BCUT2D eigenvalue weighted by atomic mass is 32.1. The van der Waals surface area contributed by atoms with Crippen molar-refractivity contribution >= 4 is 11.3 Å². The number of thiazole rings is 1. The summed E-state index contributed by atoms with van der Waals surface area (Å²) in [7, 11) is 4.21. The minimum Gasteiger partial charge on any atom is -0.320 e. The van der Waals surface area contributed by atoms with E-state index in [0.29, 0.717) is 5.92 Å². The van der Waals surface area contributed by atoms with E-state index in [1.54, 1.807) is 0 Å². The molecular formula is C13H23N3S. The molecule has 1 aromatic rings. The van der Waals surface area contributed by atoms with Crippen molar-refractivity contribution in [3.8, 4) is 0 Å². The van der Waals surface area contributed by atoms with Crippen LogP contribution in [0, 0.1) is 0 Å². The molecule has 0 spiro atoms. The molecule has 1 N–H and O–H groups in total. The van der Waals surface area contributed by atoms with Crippen LogP contribution in [0.4, 0.5) is 0 Å². The van der Waals surface area contributed by atoms with Gasteiger partial charge in [-0.2, -0.15) is 0 Å². The molecule has 0 aliphatic carbocycles. The van der Waals surface area contributed by atoms with Crippen LogP contribution in [0.25, 0.3) is 0 Å². The van der Waals surface area contributed by atoms with Gasteiger partial charge in [0.1, 0.15) is 0 Å². The zero-order valence-electron chi connectivity index (χ0n) is 10.9. The average Bonchev–Trinajstić information content (AvgIpc) is 2.79. The third-order valence-corrected chi connectivity index (χ3v) is 4.45. The number of hydrogen-bond acceptors (Lipinski definition) is 4. The van der Waals surface area contributed by atoms with E-state index in [1.165, 1.54) is 43.1 Å². The first-order valence-corrected chi connectivity index (χ1v) is 7.45. The molecule has 0 aromatic carbocycles. The quantitative estimate of drug-likeness (QED) is 0.815. The summed E-state index contributed by atoms with van der Waals surface area (Å²) in [5.74, 6) is 0.709. The maximum absolute atomic E-state index is 4.80. The van der Waals surface area contributed by atoms with Gasteiger partial charge >= 0.3 is 0 Å². The summed E-state index contributed by atoms with van der Waals surface area (Å²) in [5, 5.41) is 6.78. The van der Waals surface area contributed by atoms with E-state index in [1.807, 2.05) is 18.4 Å². The summed E-state index contributed by atoms with van der Waals surface area (Å²) >= 11 is 1.84. The summed E-state index contributed by atoms with van der Waals surface area (Å²) < 4.78 is 0. The molecule has 0 amide bonds. The molecule has 96 valence electrons. The van der Waals surface area contributed by atoms with Crippen LogP contribution in [0.3, 0.4) is 0 Å². The molecule has 4 heteroatoms. The van der Waals surface area contributed by atoms with Crippen LogP contribution in [0.1, 0.15) is 35.9 Å². The van der Waals surface area contributed by atoms with Crippen molar-refractivity contribution in [2.45, 2.75) is 31.6 Å². The molecule has 1 aliphatic heterocycles. The van der Waals surface area contributed by atoms with Crippen molar-refractivity contribution in [3.63, 3.8) is 0 Å². The van der Waals surface area contributed by atoms with Crippen LogP contribution in [-0.4, -0.2) is 43.6 Å². The van der Waals surface area contributed by atoms with E-state index in [-0.39, 0.29) is 0 Å². The first kappa shape index (κ1) is 13.0. The highest BCUT2D eigenvalue weighted by molar-refractivity contribution is 7.09. The predicted molar refractivity (Wildman–Crippen MR) is 73.8 cm³/mol. The summed E-state index contributed by atoms with van der Waals surface area (Å²) in [5.41, 5.74) is 1.35. The van der Waals surface area contributed by atoms with Crippen molar-refractivity contribution < 1.29 is 0 Å². The molecule has 2 heterocycles. The van der Waals surface area contributed by atoms with Crippen molar-refractivity contribution in [1.82, 2.24) is 15.2 Å². The Kier molecular flexibility index (Phi) is 4.95. The number of nitrogens with one attached hydrogen (secondary N) is 1. The highest BCUT2D eigenvalue weighted by Crippen LogP contribution is 2.28. The molecule has 0 unspecified atom stereocenters. The van der Waals surface area contributed by atoms with E-state index < -0.39 is 0 Å². The van der Waals surface area contributed by atoms with Crippen molar-refractivity contribution in [1.29, 1.82) is 0 Å². The standard InChI is InChI=1S/C13H23N3S/c1-14-7-3-4-13-15-12(10-17-13)11-5-8-16(2)9-6-11/h10-11,14H,3-9H2,1-2H3. The lowest BCUT2D eigenvalue weighted by molar-refractivity contribution is 0.253. The topological polar surface area (TPSA) is 28.2 Å². The minimum atomic E-state index is 0.709. The van der Waals surface area contributed by atoms with Gasteiger partial charge in [-0.15, -0.1) is 11.3 Å². The fourth-order valence-corrected chi connectivity index (χ4v) is 3.27. The van der Waals surface area contributed by atoms with Crippen LogP contribution in [-0.2, 0) is 6.42 Å². The van der Waals surface area contributed by atoms with Crippen LogP contribution < -0.4 is 5.32 Å². The average molecular weight is 253 g/mol. The Bertz CT molecular complexity index is 329. The van der Waals surface area contributed by atoms with E-state index >= 15 is 0 Å². The molecule has 0 atom stereocenters. The Morgan fingerprint density at radius 2 is 2.24 bits per heavy atom. The highest BCUT2D eigenvalue weighted by Gasteiger charge is 2.20. The van der Waals surface area contributed by atoms with E-state index in [2.05, 4.69) is 22.6 Å². The Hall–Kier alpha value is -0.450. The maximum atomic E-state index is 4.80. The monoisotopic (exact) mass is 253 g/mol. The number of hydrogen-bond donors (Lipinski definition) is 1. The number of aryl methyl sites for hydroxylation is 1. The number of aromatic nitrogens is 1. The largest absolute Gasteiger partial charge is 0.320 e. The molecule has 1 aliphatic rings. The molecule has 0 radical (unpaired) electrons. The molecule has 1 aromatic heterocycles. The van der Waals surface area contributed by atoms with Crippen molar-refractivity contribution in [2.75, 3.05) is 33.7 Å². The smallest absolute Gasteiger partial charge is 0.0928 e. The number of nitrogens with zero attached hydrogens (tertiary/aromatic N) is 2. The Morgan fingerprint density at radius 3 is 2.94 bits per heavy atom. The molecule has 0 saturated carbocycles. The van der Waals surface area contributed by atoms with Gasteiger partial charge in [-0.3, -0.25) is 0 Å². The van der Waals surface area contributed by atoms with Gasteiger partial charge in [-0.05, 0) is 53.0 Å². The zero-order chi connectivity index (χ0) is 12.1. The Balaban J connectivity index is 1.85. The first-order valence-electron chi connectivity index (χ1n) is 6.57. The second-order valence-corrected chi connectivity index (χ2v) is 5.89. The van der Waals surface area contributed by atoms with Crippen molar-refractivity contribution in [2.24, 2.45) is 0 Å². The van der Waals surface area contributed by atoms with E-state index in [9.17, 15) is 0 Å². The van der Waals surface area contributed by atoms with Crippen molar-refractivity contribution in [3.05, 3.63) is 16.1 Å². The van der Waals surface area contributed by atoms with E-state index in [0.717, 1.165) is 13.0 Å². The lowest BCUT2D eigenvalue weighted by Crippen LogP contribution is -2.29. The van der Waals surface area contributed by atoms with Crippen LogP contribution in [0.2, 0.25) is 0 Å². The van der Waals surface area contributed by atoms with Crippen LogP contribution >= 0.6 is 11.3 Å². The fourth-order valence-electron chi connectivity index (χ4n) is 2.35. The van der Waals surface area contributed by atoms with Crippen LogP contribution in [0.5, 0.6) is 0 Å². The lowest BCUT2D eigenvalue weighted by Gasteiger charge is -2.27. The van der Waals surface area contributed by atoms with Gasteiger partial charge in [-0.25, -0.2) is 4.98 Å². The zero-order valence-corrected chi connectivity index (χ0v) is 11.7. The molecular weight excluding hydrogens is 230 g/mol. The number of likely N-dealkylation sites (tertiary alicyclic amines) is 1. The molecule has 1 saturated heterocycles. The SMILES string of the molecule is CNCCCc1nc(C2CCN(C)CC2)cs1. The molecule has 3 nitrogen and oxygen atoms in total. The van der Waals surface area contributed by atoms with Gasteiger partial charge in [0, 0.05) is 17.7 Å². The van der Waals surface area contributed by atoms with Crippen LogP contribution in [0.15, 0.2) is 5.38 Å². The Labute approximate surface area is 108 Å². The molecule has 0 bridgehead atoms. The third-order valence-electron chi connectivity index (χ3n) is 3.52. The van der Waals surface area contributed by atoms with Gasteiger partial charge in [0.2, 0.25) is 0 Å². The normalized spacial score (nSPS) is 18.7. The van der Waals surface area contributed by atoms with Gasteiger partial charge < -0.3 is 10.2 Å². The fraction of sp³-hybridized carbons (Fsp3) is 0.769. The summed E-state index contributed by atoms with van der Waals surface area (Å²) in [4.78, 5) is 7.22. The second-order valence-electron chi connectivity index (χ2n) is 4.95. The Morgan fingerprint density at radius 1 is 1.47 bits per heavy atom.